The summed E-state index contributed by atoms with van der Waals surface area (Å²) in [5.41, 5.74) is 0.0749. The molecule has 0 saturated heterocycles. The van der Waals surface area contributed by atoms with E-state index in [1.54, 1.807) is 65.0 Å². The van der Waals surface area contributed by atoms with Gasteiger partial charge in [-0.05, 0) is 81.3 Å². The highest BCUT2D eigenvalue weighted by Gasteiger charge is 2.35. The van der Waals surface area contributed by atoms with E-state index in [2.05, 4.69) is 5.32 Å². The molecule has 1 N–H and O–H groups in total. The van der Waals surface area contributed by atoms with Crippen LogP contribution in [-0.2, 0) is 51.1 Å². The molecule has 2 unspecified atom stereocenters. The molecule has 4 rings (SSSR count). The van der Waals surface area contributed by atoms with Gasteiger partial charge in [-0.3, -0.25) is 14.4 Å². The molecule has 0 saturated carbocycles. The molecule has 0 aliphatic rings. The standard InChI is InChI=1S/C41H46N2O10/c1-7-50-40(48)34(23-36(45)53-41(3,4)5)37(51-26-49-6)39(47)43(24-28-17-18-29-13-11-12-14-30(29)21-28)27(2)31(25-44)22-33-19-20-35(52-33)38(46)42-32-15-9-8-10-16-32/h8-21,25,27,31H,7,22-24,26H2,1-6H3,(H,42,46). The minimum absolute atomic E-state index is 0.0134. The molecular formula is C41H46N2O10. The molecule has 1 heterocycles. The molecule has 2 amide bonds. The normalized spacial score (nSPS) is 12.9. The molecule has 0 fully saturated rings. The monoisotopic (exact) mass is 726 g/mol. The van der Waals surface area contributed by atoms with Crippen molar-refractivity contribution >= 4 is 46.5 Å². The van der Waals surface area contributed by atoms with Crippen LogP contribution < -0.4 is 5.32 Å². The van der Waals surface area contributed by atoms with Crippen LogP contribution in [0.5, 0.6) is 0 Å². The second kappa shape index (κ2) is 18.7. The van der Waals surface area contributed by atoms with Gasteiger partial charge >= 0.3 is 11.9 Å². The number of methoxy groups -OCH3 is 1. The van der Waals surface area contributed by atoms with Crippen molar-refractivity contribution in [1.29, 1.82) is 0 Å². The highest BCUT2D eigenvalue weighted by Crippen LogP contribution is 2.26. The zero-order valence-corrected chi connectivity index (χ0v) is 30.9. The summed E-state index contributed by atoms with van der Waals surface area (Å²) >= 11 is 0. The largest absolute Gasteiger partial charge is 0.463 e. The van der Waals surface area contributed by atoms with Gasteiger partial charge in [0.2, 0.25) is 0 Å². The lowest BCUT2D eigenvalue weighted by Crippen LogP contribution is -2.45. The molecule has 0 radical (unpaired) electrons. The maximum Gasteiger partial charge on any atom is 0.338 e. The Hall–Kier alpha value is -5.75. The summed E-state index contributed by atoms with van der Waals surface area (Å²) in [5, 5.41) is 4.68. The lowest BCUT2D eigenvalue weighted by atomic mass is 9.95. The highest BCUT2D eigenvalue weighted by molar-refractivity contribution is 6.04. The van der Waals surface area contributed by atoms with E-state index < -0.39 is 60.3 Å². The fourth-order valence-electron chi connectivity index (χ4n) is 5.57. The predicted molar refractivity (Wildman–Crippen MR) is 197 cm³/mol. The van der Waals surface area contributed by atoms with Gasteiger partial charge in [0, 0.05) is 37.7 Å². The molecule has 0 aliphatic heterocycles. The van der Waals surface area contributed by atoms with Crippen molar-refractivity contribution in [1.82, 2.24) is 4.90 Å². The van der Waals surface area contributed by atoms with Gasteiger partial charge in [0.25, 0.3) is 11.8 Å². The maximum absolute atomic E-state index is 14.8. The fourth-order valence-corrected chi connectivity index (χ4v) is 5.57. The minimum atomic E-state index is -0.944. The van der Waals surface area contributed by atoms with Crippen LogP contribution in [0.2, 0.25) is 0 Å². The first-order valence-electron chi connectivity index (χ1n) is 17.3. The predicted octanol–water partition coefficient (Wildman–Crippen LogP) is 6.63. The van der Waals surface area contributed by atoms with Crippen molar-refractivity contribution in [2.45, 2.75) is 65.6 Å². The van der Waals surface area contributed by atoms with Gasteiger partial charge in [-0.25, -0.2) is 4.79 Å². The fraction of sp³-hybridized carbons (Fsp3) is 0.341. The van der Waals surface area contributed by atoms with E-state index in [-0.39, 0.29) is 30.9 Å². The second-order valence-corrected chi connectivity index (χ2v) is 13.3. The van der Waals surface area contributed by atoms with E-state index >= 15 is 0 Å². The SMILES string of the molecule is CCOC(=O)C(CC(=O)OC(C)(C)C)=C(OCOC)C(=O)N(Cc1ccc2ccccc2c1)C(C)C(C=O)Cc1ccc(C(=O)Nc2ccccc2)o1. The van der Waals surface area contributed by atoms with Crippen molar-refractivity contribution in [2.24, 2.45) is 5.92 Å². The molecule has 0 spiro atoms. The lowest BCUT2D eigenvalue weighted by molar-refractivity contribution is -0.155. The first-order valence-corrected chi connectivity index (χ1v) is 17.3. The number of benzene rings is 3. The number of nitrogens with one attached hydrogen (secondary N) is 1. The quantitative estimate of drug-likeness (QED) is 0.0413. The number of furan rings is 1. The molecule has 53 heavy (non-hydrogen) atoms. The number of ether oxygens (including phenoxy) is 4. The number of carbonyl (C=O) groups excluding carboxylic acids is 5. The number of hydrogen-bond acceptors (Lipinski definition) is 10. The number of esters is 2. The number of aldehydes is 1. The third-order valence-electron chi connectivity index (χ3n) is 8.12. The molecule has 1 aromatic heterocycles. The number of anilines is 1. The Labute approximate surface area is 309 Å². The first kappa shape index (κ1) is 40.0. The topological polar surface area (TPSA) is 151 Å². The van der Waals surface area contributed by atoms with Crippen LogP contribution >= 0.6 is 0 Å². The Morgan fingerprint density at radius 3 is 2.26 bits per heavy atom. The van der Waals surface area contributed by atoms with Crippen molar-refractivity contribution in [2.75, 3.05) is 25.8 Å². The smallest absolute Gasteiger partial charge is 0.338 e. The van der Waals surface area contributed by atoms with Crippen LogP contribution in [-0.4, -0.2) is 67.1 Å². The molecule has 0 bridgehead atoms. The summed E-state index contributed by atoms with van der Waals surface area (Å²) in [6, 6.07) is 24.6. The van der Waals surface area contributed by atoms with Crippen LogP contribution in [0.15, 0.2) is 101 Å². The molecule has 3 aromatic carbocycles. The number of amides is 2. The van der Waals surface area contributed by atoms with Gasteiger partial charge < -0.3 is 38.4 Å². The Morgan fingerprint density at radius 1 is 0.906 bits per heavy atom. The van der Waals surface area contributed by atoms with Gasteiger partial charge in [0.05, 0.1) is 18.6 Å². The number of para-hydroxylation sites is 1. The summed E-state index contributed by atoms with van der Waals surface area (Å²) in [6.07, 6.45) is 0.117. The van der Waals surface area contributed by atoms with Gasteiger partial charge in [-0.2, -0.15) is 0 Å². The molecule has 2 atom stereocenters. The van der Waals surface area contributed by atoms with E-state index in [0.717, 1.165) is 16.3 Å². The summed E-state index contributed by atoms with van der Waals surface area (Å²) < 4.78 is 27.5. The van der Waals surface area contributed by atoms with E-state index in [0.29, 0.717) is 17.7 Å². The third kappa shape index (κ3) is 11.4. The zero-order valence-electron chi connectivity index (χ0n) is 30.9. The number of hydrogen-bond donors (Lipinski definition) is 1. The molecule has 0 aliphatic carbocycles. The maximum atomic E-state index is 14.8. The van der Waals surface area contributed by atoms with Gasteiger partial charge in [-0.15, -0.1) is 0 Å². The van der Waals surface area contributed by atoms with E-state index in [4.69, 9.17) is 23.4 Å². The summed E-state index contributed by atoms with van der Waals surface area (Å²) in [7, 11) is 1.34. The Bertz CT molecular complexity index is 1930. The molecule has 12 heteroatoms. The molecule has 280 valence electrons. The molecular weight excluding hydrogens is 680 g/mol. The highest BCUT2D eigenvalue weighted by atomic mass is 16.7. The van der Waals surface area contributed by atoms with Crippen LogP contribution in [0, 0.1) is 5.92 Å². The van der Waals surface area contributed by atoms with Crippen molar-refractivity contribution in [3.63, 3.8) is 0 Å². The molecule has 12 nitrogen and oxygen atoms in total. The van der Waals surface area contributed by atoms with E-state index in [1.165, 1.54) is 18.1 Å². The first-order chi connectivity index (χ1) is 25.3. The average Bonchev–Trinajstić information content (AvgIpc) is 3.60. The summed E-state index contributed by atoms with van der Waals surface area (Å²) in [5.74, 6) is -3.92. The zero-order chi connectivity index (χ0) is 38.5. The molecule has 4 aromatic rings. The van der Waals surface area contributed by atoms with Gasteiger partial charge in [0.15, 0.2) is 18.3 Å². The Kier molecular flexibility index (Phi) is 14.1. The van der Waals surface area contributed by atoms with Crippen molar-refractivity contribution in [3.8, 4) is 0 Å². The Balaban J connectivity index is 1.74. The third-order valence-corrected chi connectivity index (χ3v) is 8.12. The van der Waals surface area contributed by atoms with Crippen LogP contribution in [0.1, 0.15) is 62.9 Å². The number of rotatable bonds is 17. The summed E-state index contributed by atoms with van der Waals surface area (Å²) in [4.78, 5) is 68.2. The van der Waals surface area contributed by atoms with E-state index in [1.807, 2.05) is 48.5 Å². The lowest BCUT2D eigenvalue weighted by Gasteiger charge is -2.33. The van der Waals surface area contributed by atoms with Crippen LogP contribution in [0.4, 0.5) is 5.69 Å². The van der Waals surface area contributed by atoms with Gasteiger partial charge in [0.1, 0.15) is 17.6 Å². The van der Waals surface area contributed by atoms with E-state index in [9.17, 15) is 24.0 Å². The summed E-state index contributed by atoms with van der Waals surface area (Å²) in [6.45, 7) is 7.82. The van der Waals surface area contributed by atoms with Crippen molar-refractivity contribution < 1.29 is 47.3 Å². The van der Waals surface area contributed by atoms with Gasteiger partial charge in [-0.1, -0.05) is 54.6 Å². The Morgan fingerprint density at radius 2 is 1.60 bits per heavy atom. The van der Waals surface area contributed by atoms with Crippen LogP contribution in [0.25, 0.3) is 10.8 Å². The average molecular weight is 727 g/mol. The second-order valence-electron chi connectivity index (χ2n) is 13.3. The van der Waals surface area contributed by atoms with Crippen LogP contribution in [0.3, 0.4) is 0 Å². The number of nitrogens with zero attached hydrogens (tertiary/aromatic N) is 1. The number of fused-ring (bicyclic) bond motifs is 1. The number of carbonyl (C=O) groups is 5. The van der Waals surface area contributed by atoms with Crippen molar-refractivity contribution in [3.05, 3.63) is 113 Å². The minimum Gasteiger partial charge on any atom is -0.463 e.